The van der Waals surface area contributed by atoms with Crippen molar-refractivity contribution in [1.82, 2.24) is 0 Å². The molecule has 5 nitrogen and oxygen atoms in total. The van der Waals surface area contributed by atoms with E-state index in [1.165, 1.54) is 6.07 Å². The monoisotopic (exact) mass is 307 g/mol. The van der Waals surface area contributed by atoms with Crippen molar-refractivity contribution in [2.24, 2.45) is 0 Å². The number of rotatable bonds is 3. The van der Waals surface area contributed by atoms with Crippen LogP contribution in [-0.2, 0) is 4.79 Å². The number of carboxylic acids is 1. The molecular formula is C12H9F4NO4. The summed E-state index contributed by atoms with van der Waals surface area (Å²) in [6.07, 6.45) is -4.15. The summed E-state index contributed by atoms with van der Waals surface area (Å²) in [5.74, 6) is -8.63. The molecule has 1 N–H and O–H groups in total. The summed E-state index contributed by atoms with van der Waals surface area (Å²) in [5.41, 5.74) is -0.614. The minimum atomic E-state index is -4.85. The van der Waals surface area contributed by atoms with Crippen molar-refractivity contribution >= 4 is 17.6 Å². The van der Waals surface area contributed by atoms with Crippen molar-refractivity contribution in [2.45, 2.75) is 12.3 Å². The van der Waals surface area contributed by atoms with Crippen LogP contribution in [0.4, 0.5) is 23.2 Å². The van der Waals surface area contributed by atoms with E-state index in [4.69, 9.17) is 9.84 Å². The maximum atomic E-state index is 13.2. The normalized spacial score (nSPS) is 14.6. The van der Waals surface area contributed by atoms with Crippen LogP contribution in [0.1, 0.15) is 10.4 Å². The SMILES string of the molecule is O=C(O)c1cccc2c1OCCN2C(=O)C(F)(F)C(F)F. The fourth-order valence-electron chi connectivity index (χ4n) is 1.90. The Hall–Kier alpha value is -2.32. The molecule has 0 saturated carbocycles. The molecule has 0 unspecified atom stereocenters. The van der Waals surface area contributed by atoms with Gasteiger partial charge in [0.25, 0.3) is 0 Å². The van der Waals surface area contributed by atoms with Crippen LogP contribution >= 0.6 is 0 Å². The summed E-state index contributed by atoms with van der Waals surface area (Å²) in [6, 6.07) is 3.51. The third kappa shape index (κ3) is 2.50. The molecule has 1 aromatic rings. The number of carbonyl (C=O) groups excluding carboxylic acids is 1. The van der Waals surface area contributed by atoms with Crippen molar-refractivity contribution < 1.29 is 37.0 Å². The molecule has 0 saturated heterocycles. The van der Waals surface area contributed by atoms with E-state index in [2.05, 4.69) is 0 Å². The smallest absolute Gasteiger partial charge is 0.384 e. The molecule has 0 aliphatic carbocycles. The molecule has 0 bridgehead atoms. The van der Waals surface area contributed by atoms with Gasteiger partial charge in [-0.25, -0.2) is 13.6 Å². The van der Waals surface area contributed by atoms with Gasteiger partial charge in [-0.1, -0.05) is 6.07 Å². The Morgan fingerprint density at radius 1 is 1.33 bits per heavy atom. The number of ether oxygens (including phenoxy) is 1. The average Bonchev–Trinajstić information content (AvgIpc) is 2.44. The molecule has 1 heterocycles. The Balaban J connectivity index is 2.46. The van der Waals surface area contributed by atoms with Gasteiger partial charge < -0.3 is 14.7 Å². The first-order chi connectivity index (χ1) is 9.76. The Labute approximate surface area is 115 Å². The highest BCUT2D eigenvalue weighted by Crippen LogP contribution is 2.37. The number of fused-ring (bicyclic) bond motifs is 1. The number of anilines is 1. The van der Waals surface area contributed by atoms with Crippen molar-refractivity contribution in [2.75, 3.05) is 18.1 Å². The van der Waals surface area contributed by atoms with Crippen LogP contribution in [0.5, 0.6) is 5.75 Å². The van der Waals surface area contributed by atoms with E-state index in [0.717, 1.165) is 12.1 Å². The van der Waals surface area contributed by atoms with E-state index >= 15 is 0 Å². The van der Waals surface area contributed by atoms with Crippen LogP contribution in [0, 0.1) is 0 Å². The number of aromatic carboxylic acids is 1. The average molecular weight is 307 g/mol. The van der Waals surface area contributed by atoms with Gasteiger partial charge in [-0.2, -0.15) is 8.78 Å². The maximum absolute atomic E-state index is 13.2. The number of amides is 1. The standard InChI is InChI=1S/C12H9F4NO4/c13-10(14)12(15,16)11(20)17-4-5-21-8-6(9(18)19)2-1-3-7(8)17/h1-3,10H,4-5H2,(H,18,19). The number of nitrogens with zero attached hydrogens (tertiary/aromatic N) is 1. The quantitative estimate of drug-likeness (QED) is 0.868. The fourth-order valence-corrected chi connectivity index (χ4v) is 1.90. The highest BCUT2D eigenvalue weighted by molar-refractivity contribution is 6.02. The first-order valence-corrected chi connectivity index (χ1v) is 5.74. The molecule has 0 fully saturated rings. The van der Waals surface area contributed by atoms with Crippen molar-refractivity contribution in [3.05, 3.63) is 23.8 Å². The van der Waals surface area contributed by atoms with Gasteiger partial charge in [-0.15, -0.1) is 0 Å². The zero-order valence-electron chi connectivity index (χ0n) is 10.4. The van der Waals surface area contributed by atoms with Crippen molar-refractivity contribution in [3.8, 4) is 5.75 Å². The van der Waals surface area contributed by atoms with E-state index in [0.29, 0.717) is 4.90 Å². The highest BCUT2D eigenvalue weighted by atomic mass is 19.3. The summed E-state index contributed by atoms with van der Waals surface area (Å²) < 4.78 is 56.0. The van der Waals surface area contributed by atoms with Crippen LogP contribution in [0.25, 0.3) is 0 Å². The largest absolute Gasteiger partial charge is 0.489 e. The van der Waals surface area contributed by atoms with Crippen molar-refractivity contribution in [1.29, 1.82) is 0 Å². The van der Waals surface area contributed by atoms with Crippen LogP contribution in [0.15, 0.2) is 18.2 Å². The summed E-state index contributed by atoms with van der Waals surface area (Å²) >= 11 is 0. The van der Waals surface area contributed by atoms with Gasteiger partial charge in [-0.3, -0.25) is 4.79 Å². The molecule has 1 aromatic carbocycles. The Kier molecular flexibility index (Phi) is 3.75. The summed E-state index contributed by atoms with van der Waals surface area (Å²) in [4.78, 5) is 23.0. The third-order valence-corrected chi connectivity index (χ3v) is 2.88. The van der Waals surface area contributed by atoms with Gasteiger partial charge in [0.1, 0.15) is 12.2 Å². The van der Waals surface area contributed by atoms with E-state index in [9.17, 15) is 27.2 Å². The summed E-state index contributed by atoms with van der Waals surface area (Å²) in [5, 5.41) is 8.96. The van der Waals surface area contributed by atoms with Crippen LogP contribution in [0.2, 0.25) is 0 Å². The van der Waals surface area contributed by atoms with E-state index in [1.807, 2.05) is 0 Å². The second-order valence-electron chi connectivity index (χ2n) is 4.19. The fraction of sp³-hybridized carbons (Fsp3) is 0.333. The Bertz CT molecular complexity index is 591. The molecule has 1 aliphatic heterocycles. The maximum Gasteiger partial charge on any atom is 0.384 e. The Morgan fingerprint density at radius 2 is 2.00 bits per heavy atom. The van der Waals surface area contributed by atoms with E-state index in [1.54, 1.807) is 0 Å². The van der Waals surface area contributed by atoms with Crippen LogP contribution < -0.4 is 9.64 Å². The van der Waals surface area contributed by atoms with E-state index in [-0.39, 0.29) is 30.2 Å². The van der Waals surface area contributed by atoms with Gasteiger partial charge >= 0.3 is 24.2 Å². The first kappa shape index (κ1) is 15.1. The molecule has 1 amide bonds. The van der Waals surface area contributed by atoms with Crippen molar-refractivity contribution in [3.63, 3.8) is 0 Å². The lowest BCUT2D eigenvalue weighted by molar-refractivity contribution is -0.166. The van der Waals surface area contributed by atoms with Crippen LogP contribution in [0.3, 0.4) is 0 Å². The molecule has 9 heteroatoms. The molecule has 2 rings (SSSR count). The van der Waals surface area contributed by atoms with Crippen LogP contribution in [-0.4, -0.2) is 42.5 Å². The van der Waals surface area contributed by atoms with Gasteiger partial charge in [0.2, 0.25) is 0 Å². The molecule has 0 radical (unpaired) electrons. The van der Waals surface area contributed by atoms with Gasteiger partial charge in [0.05, 0.1) is 12.2 Å². The lowest BCUT2D eigenvalue weighted by atomic mass is 10.1. The zero-order chi connectivity index (χ0) is 15.8. The molecular weight excluding hydrogens is 298 g/mol. The molecule has 1 aliphatic rings. The molecule has 0 atom stereocenters. The number of para-hydroxylation sites is 1. The molecule has 114 valence electrons. The number of halogens is 4. The van der Waals surface area contributed by atoms with E-state index < -0.39 is 24.2 Å². The summed E-state index contributed by atoms with van der Waals surface area (Å²) in [7, 11) is 0. The lowest BCUT2D eigenvalue weighted by Gasteiger charge is -2.32. The molecule has 0 spiro atoms. The molecule has 21 heavy (non-hydrogen) atoms. The topological polar surface area (TPSA) is 66.8 Å². The van der Waals surface area contributed by atoms with Gasteiger partial charge in [0, 0.05) is 0 Å². The third-order valence-electron chi connectivity index (χ3n) is 2.88. The Morgan fingerprint density at radius 3 is 2.57 bits per heavy atom. The lowest BCUT2D eigenvalue weighted by Crippen LogP contribution is -2.50. The second-order valence-corrected chi connectivity index (χ2v) is 4.19. The number of benzene rings is 1. The number of hydrogen-bond acceptors (Lipinski definition) is 3. The minimum Gasteiger partial charge on any atom is -0.489 e. The summed E-state index contributed by atoms with van der Waals surface area (Å²) in [6.45, 7) is -0.653. The highest BCUT2D eigenvalue weighted by Gasteiger charge is 2.52. The number of alkyl halides is 4. The van der Waals surface area contributed by atoms with Gasteiger partial charge in [0.15, 0.2) is 5.75 Å². The molecule has 0 aromatic heterocycles. The van der Waals surface area contributed by atoms with Gasteiger partial charge in [-0.05, 0) is 12.1 Å². The number of carbonyl (C=O) groups is 2. The number of carboxylic acid groups (broad SMARTS) is 1. The first-order valence-electron chi connectivity index (χ1n) is 5.74. The number of hydrogen-bond donors (Lipinski definition) is 1. The predicted octanol–water partition coefficient (Wildman–Crippen LogP) is 2.01. The predicted molar refractivity (Wildman–Crippen MR) is 62.2 cm³/mol. The zero-order valence-corrected chi connectivity index (χ0v) is 10.4. The second kappa shape index (κ2) is 5.23. The minimum absolute atomic E-state index is 0.272.